The summed E-state index contributed by atoms with van der Waals surface area (Å²) >= 11 is 0. The minimum atomic E-state index is -4.14. The second kappa shape index (κ2) is 12.2. The number of nitrogens with one attached hydrogen (secondary N) is 1. The first-order chi connectivity index (χ1) is 17.8. The number of anilines is 1. The zero-order valence-corrected chi connectivity index (χ0v) is 22.1. The summed E-state index contributed by atoms with van der Waals surface area (Å²) in [6, 6.07) is 16.0. The second-order valence-electron chi connectivity index (χ2n) is 7.67. The Morgan fingerprint density at radius 2 is 1.41 bits per heavy atom. The van der Waals surface area contributed by atoms with Crippen molar-refractivity contribution >= 4 is 21.6 Å². The fraction of sp³-hybridized carbons (Fsp3) is 0.269. The maximum absolute atomic E-state index is 13.7. The zero-order chi connectivity index (χ0) is 27.0. The quantitative estimate of drug-likeness (QED) is 0.380. The molecule has 0 radical (unpaired) electrons. The van der Waals surface area contributed by atoms with E-state index in [9.17, 15) is 13.2 Å². The fourth-order valence-corrected chi connectivity index (χ4v) is 5.08. The number of amides is 1. The number of carbonyl (C=O) groups is 1. The first-order valence-corrected chi connectivity index (χ1v) is 12.6. The molecule has 0 unspecified atom stereocenters. The molecule has 198 valence electrons. The molecule has 0 aliphatic rings. The molecule has 0 spiro atoms. The van der Waals surface area contributed by atoms with Gasteiger partial charge in [0.05, 0.1) is 46.1 Å². The Morgan fingerprint density at radius 1 is 0.784 bits per heavy atom. The predicted octanol–water partition coefficient (Wildman–Crippen LogP) is 3.24. The highest BCUT2D eigenvalue weighted by Gasteiger charge is 2.30. The Labute approximate surface area is 216 Å². The van der Waals surface area contributed by atoms with Crippen molar-refractivity contribution in [2.24, 2.45) is 0 Å². The number of carbonyl (C=O) groups excluding carboxylic acids is 1. The molecule has 3 aromatic rings. The Hall–Kier alpha value is -4.12. The van der Waals surface area contributed by atoms with Crippen molar-refractivity contribution in [2.75, 3.05) is 46.4 Å². The number of hydrogen-bond acceptors (Lipinski definition) is 8. The van der Waals surface area contributed by atoms with Gasteiger partial charge >= 0.3 is 0 Å². The molecule has 0 bridgehead atoms. The lowest BCUT2D eigenvalue weighted by Crippen LogP contribution is -2.40. The lowest BCUT2D eigenvalue weighted by atomic mass is 10.1. The highest BCUT2D eigenvalue weighted by atomic mass is 32.2. The van der Waals surface area contributed by atoms with Gasteiger partial charge in [-0.1, -0.05) is 18.2 Å². The molecule has 1 N–H and O–H groups in total. The SMILES string of the molecule is COc1ccc(OC)c(N(CC(=O)NCc2cc(OC)c(OC)c(OC)c2)S(=O)(=O)c2ccccc2)c1. The molecule has 0 aliphatic heterocycles. The van der Waals surface area contributed by atoms with E-state index < -0.39 is 22.5 Å². The summed E-state index contributed by atoms with van der Waals surface area (Å²) in [5.41, 5.74) is 0.827. The lowest BCUT2D eigenvalue weighted by Gasteiger charge is -2.26. The number of benzene rings is 3. The Balaban J connectivity index is 1.94. The number of methoxy groups -OCH3 is 5. The standard InChI is InChI=1S/C26H30N2O8S/c1-32-19-11-12-22(33-2)21(15-19)28(37(30,31)20-9-7-6-8-10-20)17-25(29)27-16-18-13-23(34-3)26(36-5)24(14-18)35-4/h6-15H,16-17H2,1-5H3,(H,27,29). The van der Waals surface area contributed by atoms with Gasteiger partial charge in [0, 0.05) is 12.6 Å². The molecule has 11 heteroatoms. The van der Waals surface area contributed by atoms with Crippen molar-refractivity contribution in [1.29, 1.82) is 0 Å². The van der Waals surface area contributed by atoms with Crippen LogP contribution in [-0.4, -0.2) is 56.4 Å². The maximum Gasteiger partial charge on any atom is 0.264 e. The molecular weight excluding hydrogens is 500 g/mol. The number of sulfonamides is 1. The third kappa shape index (κ3) is 6.18. The minimum absolute atomic E-state index is 0.0253. The first kappa shape index (κ1) is 27.5. The molecule has 0 aromatic heterocycles. The zero-order valence-electron chi connectivity index (χ0n) is 21.3. The van der Waals surface area contributed by atoms with Crippen molar-refractivity contribution in [3.05, 3.63) is 66.2 Å². The minimum Gasteiger partial charge on any atom is -0.497 e. The van der Waals surface area contributed by atoms with Crippen LogP contribution < -0.4 is 33.3 Å². The summed E-state index contributed by atoms with van der Waals surface area (Å²) in [4.78, 5) is 13.1. The van der Waals surface area contributed by atoms with Gasteiger partial charge in [0.15, 0.2) is 11.5 Å². The molecule has 37 heavy (non-hydrogen) atoms. The molecule has 3 rings (SSSR count). The van der Waals surface area contributed by atoms with Crippen LogP contribution in [0.2, 0.25) is 0 Å². The normalized spacial score (nSPS) is 10.8. The number of hydrogen-bond donors (Lipinski definition) is 1. The van der Waals surface area contributed by atoms with Gasteiger partial charge in [0.1, 0.15) is 18.0 Å². The molecule has 0 saturated heterocycles. The van der Waals surface area contributed by atoms with E-state index in [-0.39, 0.29) is 22.9 Å². The van der Waals surface area contributed by atoms with Crippen LogP contribution in [0.5, 0.6) is 28.7 Å². The van der Waals surface area contributed by atoms with Crippen molar-refractivity contribution in [3.63, 3.8) is 0 Å². The van der Waals surface area contributed by atoms with Crippen LogP contribution in [0.3, 0.4) is 0 Å². The predicted molar refractivity (Wildman–Crippen MR) is 138 cm³/mol. The smallest absolute Gasteiger partial charge is 0.264 e. The molecule has 0 atom stereocenters. The first-order valence-electron chi connectivity index (χ1n) is 11.1. The van der Waals surface area contributed by atoms with E-state index in [0.29, 0.717) is 28.6 Å². The van der Waals surface area contributed by atoms with E-state index in [1.807, 2.05) is 0 Å². The van der Waals surface area contributed by atoms with Crippen LogP contribution in [0.4, 0.5) is 5.69 Å². The summed E-state index contributed by atoms with van der Waals surface area (Å²) in [5, 5.41) is 2.76. The van der Waals surface area contributed by atoms with Crippen LogP contribution in [0.25, 0.3) is 0 Å². The largest absolute Gasteiger partial charge is 0.497 e. The number of ether oxygens (including phenoxy) is 5. The van der Waals surface area contributed by atoms with Gasteiger partial charge in [-0.2, -0.15) is 0 Å². The highest BCUT2D eigenvalue weighted by Crippen LogP contribution is 2.38. The second-order valence-corrected chi connectivity index (χ2v) is 9.54. The van der Waals surface area contributed by atoms with E-state index >= 15 is 0 Å². The molecular formula is C26H30N2O8S. The highest BCUT2D eigenvalue weighted by molar-refractivity contribution is 7.92. The van der Waals surface area contributed by atoms with Gasteiger partial charge in [0.2, 0.25) is 11.7 Å². The average Bonchev–Trinajstić information content (AvgIpc) is 2.94. The van der Waals surface area contributed by atoms with Gasteiger partial charge in [0.25, 0.3) is 10.0 Å². The van der Waals surface area contributed by atoms with Gasteiger partial charge in [-0.25, -0.2) is 8.42 Å². The van der Waals surface area contributed by atoms with Crippen molar-refractivity contribution in [1.82, 2.24) is 5.32 Å². The molecule has 3 aromatic carbocycles. The van der Waals surface area contributed by atoms with Gasteiger partial charge in [-0.15, -0.1) is 0 Å². The monoisotopic (exact) mass is 530 g/mol. The summed E-state index contributed by atoms with van der Waals surface area (Å²) in [5.74, 6) is 1.41. The van der Waals surface area contributed by atoms with E-state index in [0.717, 1.165) is 4.31 Å². The lowest BCUT2D eigenvalue weighted by molar-refractivity contribution is -0.119. The molecule has 10 nitrogen and oxygen atoms in total. The fourth-order valence-electron chi connectivity index (χ4n) is 3.64. The maximum atomic E-state index is 13.7. The Kier molecular flexibility index (Phi) is 9.07. The molecule has 0 heterocycles. The van der Waals surface area contributed by atoms with Crippen LogP contribution >= 0.6 is 0 Å². The van der Waals surface area contributed by atoms with Gasteiger partial charge in [-0.3, -0.25) is 9.10 Å². The van der Waals surface area contributed by atoms with Gasteiger partial charge < -0.3 is 29.0 Å². The van der Waals surface area contributed by atoms with Crippen molar-refractivity contribution < 1.29 is 36.9 Å². The van der Waals surface area contributed by atoms with Crippen LogP contribution in [0, 0.1) is 0 Å². The van der Waals surface area contributed by atoms with Gasteiger partial charge in [-0.05, 0) is 42.0 Å². The molecule has 0 aliphatic carbocycles. The summed E-state index contributed by atoms with van der Waals surface area (Å²) < 4.78 is 55.0. The van der Waals surface area contributed by atoms with Crippen LogP contribution in [0.15, 0.2) is 65.6 Å². The van der Waals surface area contributed by atoms with E-state index in [1.165, 1.54) is 53.7 Å². The third-order valence-corrected chi connectivity index (χ3v) is 7.26. The van der Waals surface area contributed by atoms with E-state index in [1.54, 1.807) is 42.5 Å². The average molecular weight is 531 g/mol. The van der Waals surface area contributed by atoms with Crippen molar-refractivity contribution in [3.8, 4) is 28.7 Å². The Bertz CT molecular complexity index is 1300. The number of rotatable bonds is 12. The van der Waals surface area contributed by atoms with E-state index in [2.05, 4.69) is 5.32 Å². The van der Waals surface area contributed by atoms with E-state index in [4.69, 9.17) is 23.7 Å². The summed E-state index contributed by atoms with van der Waals surface area (Å²) in [6.07, 6.45) is 0. The summed E-state index contributed by atoms with van der Waals surface area (Å²) in [7, 11) is 3.23. The number of nitrogens with zero attached hydrogens (tertiary/aromatic N) is 1. The topological polar surface area (TPSA) is 113 Å². The molecule has 0 saturated carbocycles. The van der Waals surface area contributed by atoms with Crippen LogP contribution in [0.1, 0.15) is 5.56 Å². The molecule has 0 fully saturated rings. The van der Waals surface area contributed by atoms with Crippen LogP contribution in [-0.2, 0) is 21.4 Å². The molecule has 1 amide bonds. The Morgan fingerprint density at radius 3 is 1.95 bits per heavy atom. The van der Waals surface area contributed by atoms with Crippen molar-refractivity contribution in [2.45, 2.75) is 11.4 Å². The summed E-state index contributed by atoms with van der Waals surface area (Å²) in [6.45, 7) is -0.421. The third-order valence-electron chi connectivity index (χ3n) is 5.49.